The summed E-state index contributed by atoms with van der Waals surface area (Å²) in [5.74, 6) is 0.953. The van der Waals surface area contributed by atoms with Crippen molar-refractivity contribution in [1.29, 1.82) is 0 Å². The number of fused-ring (bicyclic) bond motifs is 2. The smallest absolute Gasteiger partial charge is 0.124 e. The number of benzene rings is 3. The second kappa shape index (κ2) is 7.52. The van der Waals surface area contributed by atoms with Crippen LogP contribution in [0.4, 0.5) is 17.1 Å². The zero-order chi connectivity index (χ0) is 17.8. The van der Waals surface area contributed by atoms with Gasteiger partial charge in [-0.2, -0.15) is 0 Å². The van der Waals surface area contributed by atoms with Crippen molar-refractivity contribution >= 4 is 17.1 Å². The number of aryl methyl sites for hydroxylation is 2. The van der Waals surface area contributed by atoms with Crippen LogP contribution in [0.3, 0.4) is 0 Å². The number of hydrogen-bond donors (Lipinski definition) is 2. The molecule has 0 fully saturated rings. The Morgan fingerprint density at radius 1 is 0.885 bits per heavy atom. The number of nitrogens with one attached hydrogen (secondary N) is 2. The van der Waals surface area contributed by atoms with Crippen LogP contribution in [0.1, 0.15) is 23.6 Å². The summed E-state index contributed by atoms with van der Waals surface area (Å²) < 4.78 is 5.72. The van der Waals surface area contributed by atoms with E-state index in [0.29, 0.717) is 6.61 Å². The molecule has 3 aromatic rings. The van der Waals surface area contributed by atoms with Gasteiger partial charge in [0, 0.05) is 29.2 Å². The maximum absolute atomic E-state index is 5.72. The fraction of sp³-hybridized carbons (Fsp3) is 0.217. The zero-order valence-corrected chi connectivity index (χ0v) is 15.1. The fourth-order valence-corrected chi connectivity index (χ4v) is 3.45. The van der Waals surface area contributed by atoms with E-state index in [4.69, 9.17) is 4.74 Å². The first kappa shape index (κ1) is 16.5. The molecular weight excluding hydrogens is 320 g/mol. The Morgan fingerprint density at radius 3 is 2.58 bits per heavy atom. The molecule has 0 aliphatic carbocycles. The van der Waals surface area contributed by atoms with Crippen LogP contribution in [0.5, 0.6) is 5.75 Å². The van der Waals surface area contributed by atoms with Crippen LogP contribution in [0, 0.1) is 0 Å². The molecule has 0 atom stereocenters. The van der Waals surface area contributed by atoms with E-state index in [1.165, 1.54) is 28.1 Å². The van der Waals surface area contributed by atoms with Gasteiger partial charge in [-0.1, -0.05) is 36.4 Å². The first-order valence-corrected chi connectivity index (χ1v) is 9.26. The summed E-state index contributed by atoms with van der Waals surface area (Å²) >= 11 is 0. The molecule has 0 unspecified atom stereocenters. The molecule has 0 saturated heterocycles. The van der Waals surface area contributed by atoms with Crippen LogP contribution in [0.25, 0.3) is 0 Å². The van der Waals surface area contributed by atoms with Gasteiger partial charge in [0.25, 0.3) is 0 Å². The van der Waals surface area contributed by atoms with E-state index in [0.717, 1.165) is 30.8 Å². The molecule has 1 aliphatic rings. The fourth-order valence-electron chi connectivity index (χ4n) is 3.45. The number of ether oxygens (including phenoxy) is 1. The highest BCUT2D eigenvalue weighted by molar-refractivity contribution is 5.70. The molecule has 4 rings (SSSR count). The molecule has 0 radical (unpaired) electrons. The molecule has 0 amide bonds. The average molecular weight is 344 g/mol. The van der Waals surface area contributed by atoms with Crippen LogP contribution in [-0.4, -0.2) is 6.61 Å². The molecule has 1 heterocycles. The van der Waals surface area contributed by atoms with E-state index in [1.807, 2.05) is 19.1 Å². The summed E-state index contributed by atoms with van der Waals surface area (Å²) in [6.45, 7) is 3.45. The Balaban J connectivity index is 1.50. The van der Waals surface area contributed by atoms with Gasteiger partial charge in [0.15, 0.2) is 0 Å². The molecule has 0 spiro atoms. The van der Waals surface area contributed by atoms with Gasteiger partial charge in [-0.05, 0) is 61.2 Å². The Morgan fingerprint density at radius 2 is 1.65 bits per heavy atom. The first-order chi connectivity index (χ1) is 12.8. The van der Waals surface area contributed by atoms with E-state index < -0.39 is 0 Å². The van der Waals surface area contributed by atoms with Crippen LogP contribution in [-0.2, 0) is 19.4 Å². The summed E-state index contributed by atoms with van der Waals surface area (Å²) in [6, 6.07) is 23.3. The van der Waals surface area contributed by atoms with Gasteiger partial charge in [0.2, 0.25) is 0 Å². The summed E-state index contributed by atoms with van der Waals surface area (Å²) in [7, 11) is 0. The summed E-state index contributed by atoms with van der Waals surface area (Å²) in [4.78, 5) is 0. The quantitative estimate of drug-likeness (QED) is 0.637. The molecule has 26 heavy (non-hydrogen) atoms. The zero-order valence-electron chi connectivity index (χ0n) is 15.1. The van der Waals surface area contributed by atoms with Gasteiger partial charge in [0.1, 0.15) is 5.75 Å². The van der Waals surface area contributed by atoms with Gasteiger partial charge >= 0.3 is 0 Å². The largest absolute Gasteiger partial charge is 0.494 e. The average Bonchev–Trinajstić information content (AvgIpc) is 2.86. The van der Waals surface area contributed by atoms with Gasteiger partial charge < -0.3 is 15.4 Å². The Hall–Kier alpha value is -2.94. The number of hydrogen-bond acceptors (Lipinski definition) is 3. The number of rotatable bonds is 5. The predicted molar refractivity (Wildman–Crippen MR) is 109 cm³/mol. The van der Waals surface area contributed by atoms with Gasteiger partial charge in [-0.3, -0.25) is 0 Å². The maximum Gasteiger partial charge on any atom is 0.124 e. The molecule has 0 aromatic heterocycles. The Bertz CT molecular complexity index is 904. The number of anilines is 3. The minimum Gasteiger partial charge on any atom is -0.494 e. The lowest BCUT2D eigenvalue weighted by molar-refractivity contribution is 0.337. The third-order valence-corrected chi connectivity index (χ3v) is 4.81. The molecule has 3 nitrogen and oxygen atoms in total. The number of para-hydroxylation sites is 2. The molecule has 3 heteroatoms. The van der Waals surface area contributed by atoms with Crippen molar-refractivity contribution in [3.8, 4) is 5.75 Å². The minimum absolute atomic E-state index is 0.683. The highest BCUT2D eigenvalue weighted by atomic mass is 16.5. The second-order valence-corrected chi connectivity index (χ2v) is 6.55. The van der Waals surface area contributed by atoms with Crippen LogP contribution < -0.4 is 15.4 Å². The molecule has 0 saturated carbocycles. The van der Waals surface area contributed by atoms with E-state index in [-0.39, 0.29) is 0 Å². The van der Waals surface area contributed by atoms with E-state index >= 15 is 0 Å². The molecule has 1 aliphatic heterocycles. The predicted octanol–water partition coefficient (Wildman–Crippen LogP) is 5.54. The third-order valence-electron chi connectivity index (χ3n) is 4.81. The highest BCUT2D eigenvalue weighted by Gasteiger charge is 2.12. The topological polar surface area (TPSA) is 33.3 Å². The molecule has 0 bridgehead atoms. The van der Waals surface area contributed by atoms with E-state index in [1.54, 1.807) is 0 Å². The van der Waals surface area contributed by atoms with Crippen molar-refractivity contribution in [2.75, 3.05) is 17.2 Å². The standard InChI is InChI=1S/C23H24N2O/c1-2-26-23-10-6-4-8-19(23)16-24-20-13-14-22-18(15-20)12-11-17-7-3-5-9-21(17)25-22/h3-10,13-15,24-25H,2,11-12,16H2,1H3. The lowest BCUT2D eigenvalue weighted by atomic mass is 10.0. The van der Waals surface area contributed by atoms with Crippen molar-refractivity contribution in [1.82, 2.24) is 0 Å². The van der Waals surface area contributed by atoms with Gasteiger partial charge in [-0.25, -0.2) is 0 Å². The van der Waals surface area contributed by atoms with Gasteiger partial charge in [-0.15, -0.1) is 0 Å². The van der Waals surface area contributed by atoms with Crippen LogP contribution >= 0.6 is 0 Å². The van der Waals surface area contributed by atoms with Crippen molar-refractivity contribution in [2.24, 2.45) is 0 Å². The van der Waals surface area contributed by atoms with E-state index in [9.17, 15) is 0 Å². The lowest BCUT2D eigenvalue weighted by Gasteiger charge is -2.14. The van der Waals surface area contributed by atoms with Crippen molar-refractivity contribution in [3.05, 3.63) is 83.4 Å². The SMILES string of the molecule is CCOc1ccccc1CNc1ccc2c(c1)CCc1ccccc1N2. The van der Waals surface area contributed by atoms with Crippen LogP contribution in [0.2, 0.25) is 0 Å². The van der Waals surface area contributed by atoms with Crippen molar-refractivity contribution in [2.45, 2.75) is 26.3 Å². The second-order valence-electron chi connectivity index (χ2n) is 6.55. The van der Waals surface area contributed by atoms with Crippen molar-refractivity contribution < 1.29 is 4.74 Å². The highest BCUT2D eigenvalue weighted by Crippen LogP contribution is 2.31. The molecule has 132 valence electrons. The Labute approximate surface area is 155 Å². The third kappa shape index (κ3) is 3.52. The summed E-state index contributed by atoms with van der Waals surface area (Å²) in [5.41, 5.74) is 7.47. The lowest BCUT2D eigenvalue weighted by Crippen LogP contribution is -2.04. The first-order valence-electron chi connectivity index (χ1n) is 9.26. The Kier molecular flexibility index (Phi) is 4.78. The monoisotopic (exact) mass is 344 g/mol. The normalized spacial score (nSPS) is 12.3. The maximum atomic E-state index is 5.72. The molecular formula is C23H24N2O. The minimum atomic E-state index is 0.683. The molecule has 2 N–H and O–H groups in total. The van der Waals surface area contributed by atoms with Gasteiger partial charge in [0.05, 0.1) is 6.61 Å². The van der Waals surface area contributed by atoms with Crippen molar-refractivity contribution in [3.63, 3.8) is 0 Å². The summed E-state index contributed by atoms with van der Waals surface area (Å²) in [5, 5.41) is 7.13. The summed E-state index contributed by atoms with van der Waals surface area (Å²) in [6.07, 6.45) is 2.11. The van der Waals surface area contributed by atoms with E-state index in [2.05, 4.69) is 65.2 Å². The molecule has 3 aromatic carbocycles. The van der Waals surface area contributed by atoms with Crippen LogP contribution in [0.15, 0.2) is 66.7 Å².